The number of rotatable bonds is 6. The number of anilines is 1. The Kier molecular flexibility index (Phi) is 6.43. The Balaban J connectivity index is 1.22. The lowest BCUT2D eigenvalue weighted by atomic mass is 9.95. The van der Waals surface area contributed by atoms with Crippen LogP contribution in [0, 0.1) is 0 Å². The van der Waals surface area contributed by atoms with E-state index in [-0.39, 0.29) is 18.1 Å². The third kappa shape index (κ3) is 4.44. The molecule has 41 heavy (non-hydrogen) atoms. The Bertz CT molecular complexity index is 1710. The Morgan fingerprint density at radius 1 is 1.05 bits per heavy atom. The van der Waals surface area contributed by atoms with E-state index in [0.29, 0.717) is 30.0 Å². The van der Waals surface area contributed by atoms with E-state index in [1.165, 1.54) is 24.1 Å². The molecule has 1 aliphatic carbocycles. The van der Waals surface area contributed by atoms with Gasteiger partial charge in [0.25, 0.3) is 11.5 Å². The summed E-state index contributed by atoms with van der Waals surface area (Å²) in [5.74, 6) is 0.409. The fourth-order valence-corrected chi connectivity index (χ4v) is 6.96. The van der Waals surface area contributed by atoms with E-state index in [2.05, 4.69) is 38.8 Å². The predicted molar refractivity (Wildman–Crippen MR) is 157 cm³/mol. The van der Waals surface area contributed by atoms with Crippen molar-refractivity contribution in [3.8, 4) is 11.1 Å². The highest BCUT2D eigenvalue weighted by atomic mass is 16.3. The molecular formula is C32H36N6O3. The molecule has 212 valence electrons. The minimum absolute atomic E-state index is 0.0219. The van der Waals surface area contributed by atoms with Crippen molar-refractivity contribution in [3.05, 3.63) is 92.4 Å². The number of aromatic amines is 1. The number of nitrogens with zero attached hydrogens (tertiary/aromatic N) is 5. The van der Waals surface area contributed by atoms with Gasteiger partial charge in [-0.3, -0.25) is 14.7 Å². The van der Waals surface area contributed by atoms with Gasteiger partial charge >= 0.3 is 0 Å². The van der Waals surface area contributed by atoms with Crippen molar-refractivity contribution in [1.82, 2.24) is 24.2 Å². The zero-order valence-corrected chi connectivity index (χ0v) is 23.7. The largest absolute Gasteiger partial charge is 0.392 e. The van der Waals surface area contributed by atoms with Crippen LogP contribution in [0.15, 0.2) is 47.4 Å². The molecule has 9 heteroatoms. The first-order valence-electron chi connectivity index (χ1n) is 14.6. The third-order valence-electron chi connectivity index (χ3n) is 9.10. The molecular weight excluding hydrogens is 516 g/mol. The van der Waals surface area contributed by atoms with Crippen LogP contribution in [0.5, 0.6) is 0 Å². The second-order valence-corrected chi connectivity index (χ2v) is 11.9. The highest BCUT2D eigenvalue weighted by Crippen LogP contribution is 2.35. The van der Waals surface area contributed by atoms with Crippen molar-refractivity contribution < 1.29 is 9.90 Å². The molecule has 2 aliphatic heterocycles. The summed E-state index contributed by atoms with van der Waals surface area (Å²) in [7, 11) is 3.85. The summed E-state index contributed by atoms with van der Waals surface area (Å²) < 4.78 is 3.80. The number of H-pyrrole nitrogens is 1. The second kappa shape index (κ2) is 10.2. The van der Waals surface area contributed by atoms with E-state index in [1.807, 2.05) is 35.4 Å². The number of likely N-dealkylation sites (N-methyl/N-ethyl adjacent to an activating group) is 1. The van der Waals surface area contributed by atoms with Crippen molar-refractivity contribution in [3.63, 3.8) is 0 Å². The van der Waals surface area contributed by atoms with Gasteiger partial charge in [0.05, 0.1) is 18.0 Å². The maximum Gasteiger partial charge on any atom is 0.274 e. The Morgan fingerprint density at radius 2 is 1.88 bits per heavy atom. The summed E-state index contributed by atoms with van der Waals surface area (Å²) in [4.78, 5) is 31.0. The molecule has 1 amide bonds. The zero-order valence-electron chi connectivity index (χ0n) is 23.7. The quantitative estimate of drug-likeness (QED) is 0.383. The Labute approximate surface area is 239 Å². The molecule has 0 spiro atoms. The van der Waals surface area contributed by atoms with E-state index in [4.69, 9.17) is 0 Å². The number of hydrogen-bond donors (Lipinski definition) is 2. The molecule has 0 saturated carbocycles. The molecule has 0 radical (unpaired) electrons. The van der Waals surface area contributed by atoms with Gasteiger partial charge in [-0.2, -0.15) is 5.10 Å². The number of carbonyl (C=O) groups excluding carboxylic acids is 1. The van der Waals surface area contributed by atoms with Crippen LogP contribution in [-0.2, 0) is 39.5 Å². The summed E-state index contributed by atoms with van der Waals surface area (Å²) in [6.07, 6.45) is 6.67. The van der Waals surface area contributed by atoms with Crippen LogP contribution < -0.4 is 10.5 Å². The van der Waals surface area contributed by atoms with E-state index in [1.54, 1.807) is 11.6 Å². The molecule has 0 unspecified atom stereocenters. The van der Waals surface area contributed by atoms with Crippen molar-refractivity contribution in [1.29, 1.82) is 0 Å². The van der Waals surface area contributed by atoms with Crippen LogP contribution in [0.2, 0.25) is 0 Å². The standard InChI is InChI=1S/C32H36N6O3/c1-35-16-23(17-35)27-15-24(33-34-27)13-21-12-22(18-36(2)31(21)40)25-7-5-9-29(26(25)19-39)38-11-10-37-28-8-4-3-6-20(28)14-30(37)32(38)41/h5,7,9,12,14-15,18,23,39H,3-4,6,8,10-11,13,16-17,19H2,1-2H3,(H,33,34). The SMILES string of the molecule is CN1CC(c2cc(Cc3cc(-c4cccc(N5CCn6c(cc7c6CCCC7)C5=O)c4CO)cn(C)c3=O)[nH]n2)C1. The van der Waals surface area contributed by atoms with Gasteiger partial charge in [0.15, 0.2) is 0 Å². The predicted octanol–water partition coefficient (Wildman–Crippen LogP) is 3.23. The maximum absolute atomic E-state index is 13.8. The normalized spacial score (nSPS) is 17.4. The first-order chi connectivity index (χ1) is 19.9. The van der Waals surface area contributed by atoms with Gasteiger partial charge < -0.3 is 24.0 Å². The zero-order chi connectivity index (χ0) is 28.2. The monoisotopic (exact) mass is 552 g/mol. The van der Waals surface area contributed by atoms with Gasteiger partial charge in [0.2, 0.25) is 0 Å². The topological polar surface area (TPSA) is 99.4 Å². The number of likely N-dealkylation sites (tertiary alicyclic amines) is 1. The average Bonchev–Trinajstić information content (AvgIpc) is 3.58. The van der Waals surface area contributed by atoms with Crippen molar-refractivity contribution >= 4 is 11.6 Å². The number of hydrogen-bond acceptors (Lipinski definition) is 5. The average molecular weight is 553 g/mol. The number of nitrogens with one attached hydrogen (secondary N) is 1. The minimum Gasteiger partial charge on any atom is -0.392 e. The lowest BCUT2D eigenvalue weighted by molar-refractivity contribution is 0.0964. The number of aromatic nitrogens is 4. The number of pyridine rings is 1. The molecule has 9 nitrogen and oxygen atoms in total. The van der Waals surface area contributed by atoms with Gasteiger partial charge in [-0.15, -0.1) is 0 Å². The fourth-order valence-electron chi connectivity index (χ4n) is 6.96. The van der Waals surface area contributed by atoms with Gasteiger partial charge in [-0.05, 0) is 73.7 Å². The number of carbonyl (C=O) groups is 1. The summed E-state index contributed by atoms with van der Waals surface area (Å²) in [6, 6.07) is 11.9. The van der Waals surface area contributed by atoms with Gasteiger partial charge in [0, 0.05) is 74.3 Å². The number of benzene rings is 1. The van der Waals surface area contributed by atoms with E-state index < -0.39 is 0 Å². The molecule has 1 fully saturated rings. The molecule has 0 atom stereocenters. The summed E-state index contributed by atoms with van der Waals surface area (Å²) in [6.45, 7) is 3.08. The van der Waals surface area contributed by atoms with Gasteiger partial charge in [-0.1, -0.05) is 12.1 Å². The lowest BCUT2D eigenvalue weighted by Gasteiger charge is -2.34. The Morgan fingerprint density at radius 3 is 2.68 bits per heavy atom. The first kappa shape index (κ1) is 26.0. The van der Waals surface area contributed by atoms with Gasteiger partial charge in [-0.25, -0.2) is 0 Å². The minimum atomic E-state index is -0.218. The molecule has 4 aromatic rings. The number of amides is 1. The lowest BCUT2D eigenvalue weighted by Crippen LogP contribution is -2.41. The summed E-state index contributed by atoms with van der Waals surface area (Å²) in [5, 5.41) is 18.2. The van der Waals surface area contributed by atoms with Gasteiger partial charge in [0.1, 0.15) is 5.69 Å². The van der Waals surface area contributed by atoms with Crippen molar-refractivity contribution in [2.75, 3.05) is 31.6 Å². The molecule has 2 N–H and O–H groups in total. The number of aryl methyl sites for hydroxylation is 2. The summed E-state index contributed by atoms with van der Waals surface area (Å²) in [5.41, 5.74) is 8.96. The smallest absolute Gasteiger partial charge is 0.274 e. The molecule has 0 bridgehead atoms. The highest BCUT2D eigenvalue weighted by molar-refractivity contribution is 6.07. The van der Waals surface area contributed by atoms with Crippen LogP contribution in [-0.4, -0.2) is 61.9 Å². The highest BCUT2D eigenvalue weighted by Gasteiger charge is 2.32. The van der Waals surface area contributed by atoms with E-state index >= 15 is 0 Å². The fraction of sp³-hybridized carbons (Fsp3) is 0.406. The number of aliphatic hydroxyl groups excluding tert-OH is 1. The molecule has 1 saturated heterocycles. The summed E-state index contributed by atoms with van der Waals surface area (Å²) >= 11 is 0. The molecule has 3 aliphatic rings. The van der Waals surface area contributed by atoms with E-state index in [9.17, 15) is 14.7 Å². The Hall–Kier alpha value is -3.95. The van der Waals surface area contributed by atoms with Crippen molar-refractivity contribution in [2.24, 2.45) is 7.05 Å². The second-order valence-electron chi connectivity index (χ2n) is 11.9. The maximum atomic E-state index is 13.8. The molecule has 1 aromatic carbocycles. The molecule has 5 heterocycles. The number of aliphatic hydroxyl groups is 1. The third-order valence-corrected chi connectivity index (χ3v) is 9.10. The van der Waals surface area contributed by atoms with Crippen LogP contribution >= 0.6 is 0 Å². The molecule has 3 aromatic heterocycles. The van der Waals surface area contributed by atoms with Crippen molar-refractivity contribution in [2.45, 2.75) is 51.2 Å². The van der Waals surface area contributed by atoms with E-state index in [0.717, 1.165) is 66.4 Å². The van der Waals surface area contributed by atoms with Crippen LogP contribution in [0.4, 0.5) is 5.69 Å². The first-order valence-corrected chi connectivity index (χ1v) is 14.6. The van der Waals surface area contributed by atoms with Crippen LogP contribution in [0.3, 0.4) is 0 Å². The number of fused-ring (bicyclic) bond motifs is 3. The van der Waals surface area contributed by atoms with Crippen LogP contribution in [0.1, 0.15) is 63.0 Å². The molecule has 7 rings (SSSR count). The van der Waals surface area contributed by atoms with Crippen LogP contribution in [0.25, 0.3) is 11.1 Å².